The third-order valence-corrected chi connectivity index (χ3v) is 2.19. The fourth-order valence-corrected chi connectivity index (χ4v) is 1.10. The molecule has 88 valence electrons. The molecule has 0 aliphatic heterocycles. The Labute approximate surface area is 92.2 Å². The molecular formula is C12H22O3. The highest BCUT2D eigenvalue weighted by atomic mass is 16.5. The van der Waals surface area contributed by atoms with Crippen molar-refractivity contribution >= 4 is 11.8 Å². The highest BCUT2D eigenvalue weighted by Gasteiger charge is 2.15. The van der Waals surface area contributed by atoms with Crippen LogP contribution in [0.1, 0.15) is 53.9 Å². The zero-order valence-electron chi connectivity index (χ0n) is 10.4. The summed E-state index contributed by atoms with van der Waals surface area (Å²) < 4.78 is 4.94. The molecule has 0 heterocycles. The summed E-state index contributed by atoms with van der Waals surface area (Å²) in [4.78, 5) is 22.1. The minimum atomic E-state index is -0.605. The van der Waals surface area contributed by atoms with Crippen LogP contribution in [0.5, 0.6) is 0 Å². The van der Waals surface area contributed by atoms with Crippen LogP contribution in [0, 0.1) is 5.41 Å². The van der Waals surface area contributed by atoms with Gasteiger partial charge in [-0.3, -0.25) is 9.59 Å². The molecule has 15 heavy (non-hydrogen) atoms. The first-order valence-corrected chi connectivity index (χ1v) is 5.42. The smallest absolute Gasteiger partial charge is 0.306 e. The molecule has 0 radical (unpaired) electrons. The van der Waals surface area contributed by atoms with E-state index in [1.807, 2.05) is 0 Å². The Morgan fingerprint density at radius 3 is 2.20 bits per heavy atom. The van der Waals surface area contributed by atoms with E-state index >= 15 is 0 Å². The molecule has 0 fully saturated rings. The molecule has 1 atom stereocenters. The average molecular weight is 214 g/mol. The van der Waals surface area contributed by atoms with Crippen LogP contribution < -0.4 is 0 Å². The molecule has 0 spiro atoms. The van der Waals surface area contributed by atoms with Gasteiger partial charge in [-0.1, -0.05) is 20.8 Å². The van der Waals surface area contributed by atoms with Crippen molar-refractivity contribution in [1.29, 1.82) is 0 Å². The highest BCUT2D eigenvalue weighted by Crippen LogP contribution is 2.21. The summed E-state index contributed by atoms with van der Waals surface area (Å²) in [7, 11) is 0. The lowest BCUT2D eigenvalue weighted by atomic mass is 9.90. The fourth-order valence-electron chi connectivity index (χ4n) is 1.10. The molecule has 0 N–H and O–H groups in total. The number of carbonyl (C=O) groups excluding carboxylic acids is 2. The second-order valence-electron chi connectivity index (χ2n) is 5.16. The van der Waals surface area contributed by atoms with Crippen LogP contribution in [0.2, 0.25) is 0 Å². The Morgan fingerprint density at radius 2 is 1.80 bits per heavy atom. The fraction of sp³-hybridized carbons (Fsp3) is 0.833. The van der Waals surface area contributed by atoms with Crippen LogP contribution in [0.4, 0.5) is 0 Å². The Hall–Kier alpha value is -0.860. The largest absolute Gasteiger partial charge is 0.455 e. The van der Waals surface area contributed by atoms with E-state index < -0.39 is 6.10 Å². The van der Waals surface area contributed by atoms with Gasteiger partial charge in [-0.2, -0.15) is 0 Å². The van der Waals surface area contributed by atoms with E-state index in [0.717, 1.165) is 12.8 Å². The Bertz CT molecular complexity index is 226. The van der Waals surface area contributed by atoms with Gasteiger partial charge in [-0.05, 0) is 32.1 Å². The molecule has 0 amide bonds. The first-order chi connectivity index (χ1) is 6.72. The molecule has 0 bridgehead atoms. The maximum Gasteiger partial charge on any atom is 0.306 e. The molecular weight excluding hydrogens is 192 g/mol. The van der Waals surface area contributed by atoms with Crippen molar-refractivity contribution in [2.45, 2.75) is 60.0 Å². The van der Waals surface area contributed by atoms with E-state index in [2.05, 4.69) is 20.8 Å². The first-order valence-electron chi connectivity index (χ1n) is 5.42. The normalized spacial score (nSPS) is 13.4. The average Bonchev–Trinajstić information content (AvgIpc) is 2.01. The standard InChI is InChI=1S/C12H22O3/c1-9(13)10(2)15-11(14)7-6-8-12(3,4)5/h10H,6-8H2,1-5H3. The van der Waals surface area contributed by atoms with Crippen molar-refractivity contribution in [1.82, 2.24) is 0 Å². The highest BCUT2D eigenvalue weighted by molar-refractivity contribution is 5.83. The number of ether oxygens (including phenoxy) is 1. The van der Waals surface area contributed by atoms with Crippen molar-refractivity contribution in [3.05, 3.63) is 0 Å². The maximum absolute atomic E-state index is 11.3. The molecule has 3 heteroatoms. The van der Waals surface area contributed by atoms with E-state index in [1.54, 1.807) is 6.92 Å². The summed E-state index contributed by atoms with van der Waals surface area (Å²) in [5, 5.41) is 0. The first kappa shape index (κ1) is 14.1. The van der Waals surface area contributed by atoms with Crippen LogP contribution in [-0.4, -0.2) is 17.9 Å². The van der Waals surface area contributed by atoms with Gasteiger partial charge in [0.05, 0.1) is 0 Å². The van der Waals surface area contributed by atoms with Crippen LogP contribution in [0.3, 0.4) is 0 Å². The summed E-state index contributed by atoms with van der Waals surface area (Å²) in [5.41, 5.74) is 0.243. The van der Waals surface area contributed by atoms with Crippen molar-refractivity contribution in [2.24, 2.45) is 5.41 Å². The molecule has 0 aliphatic rings. The predicted molar refractivity (Wildman–Crippen MR) is 59.5 cm³/mol. The monoisotopic (exact) mass is 214 g/mol. The quantitative estimate of drug-likeness (QED) is 0.661. The third kappa shape index (κ3) is 8.16. The van der Waals surface area contributed by atoms with Gasteiger partial charge in [0.25, 0.3) is 0 Å². The molecule has 0 saturated heterocycles. The summed E-state index contributed by atoms with van der Waals surface area (Å²) in [6, 6.07) is 0. The van der Waals surface area contributed by atoms with Gasteiger partial charge in [-0.25, -0.2) is 0 Å². The number of rotatable bonds is 5. The Morgan fingerprint density at radius 1 is 1.27 bits per heavy atom. The topological polar surface area (TPSA) is 43.4 Å². The van der Waals surface area contributed by atoms with Gasteiger partial charge in [0.1, 0.15) is 0 Å². The number of carbonyl (C=O) groups is 2. The Balaban J connectivity index is 3.72. The van der Waals surface area contributed by atoms with Crippen LogP contribution in [0.15, 0.2) is 0 Å². The van der Waals surface area contributed by atoms with E-state index in [4.69, 9.17) is 4.74 Å². The SMILES string of the molecule is CC(=O)C(C)OC(=O)CCCC(C)(C)C. The van der Waals surface area contributed by atoms with E-state index in [0.29, 0.717) is 6.42 Å². The molecule has 3 nitrogen and oxygen atoms in total. The van der Waals surface area contributed by atoms with Crippen LogP contribution in [-0.2, 0) is 14.3 Å². The molecule has 0 rings (SSSR count). The molecule has 0 aliphatic carbocycles. The Kier molecular flexibility index (Phi) is 5.55. The summed E-state index contributed by atoms with van der Waals surface area (Å²) in [6.45, 7) is 9.43. The van der Waals surface area contributed by atoms with Crippen molar-refractivity contribution in [3.8, 4) is 0 Å². The van der Waals surface area contributed by atoms with E-state index in [-0.39, 0.29) is 17.2 Å². The van der Waals surface area contributed by atoms with Gasteiger partial charge in [0.15, 0.2) is 11.9 Å². The van der Waals surface area contributed by atoms with Crippen molar-refractivity contribution in [3.63, 3.8) is 0 Å². The van der Waals surface area contributed by atoms with Crippen molar-refractivity contribution in [2.75, 3.05) is 0 Å². The van der Waals surface area contributed by atoms with Crippen molar-refractivity contribution < 1.29 is 14.3 Å². The number of ketones is 1. The molecule has 1 unspecified atom stereocenters. The second kappa shape index (κ2) is 5.89. The lowest BCUT2D eigenvalue weighted by molar-refractivity contribution is -0.153. The third-order valence-electron chi connectivity index (χ3n) is 2.19. The molecule has 0 aromatic heterocycles. The minimum Gasteiger partial charge on any atom is -0.455 e. The van der Waals surface area contributed by atoms with Gasteiger partial charge < -0.3 is 4.74 Å². The van der Waals surface area contributed by atoms with Gasteiger partial charge in [0.2, 0.25) is 0 Å². The minimum absolute atomic E-state index is 0.112. The number of esters is 1. The molecule has 0 aromatic rings. The number of hydrogen-bond donors (Lipinski definition) is 0. The lowest BCUT2D eigenvalue weighted by Crippen LogP contribution is -2.21. The van der Waals surface area contributed by atoms with E-state index in [1.165, 1.54) is 6.92 Å². The van der Waals surface area contributed by atoms with E-state index in [9.17, 15) is 9.59 Å². The second-order valence-corrected chi connectivity index (χ2v) is 5.16. The summed E-state index contributed by atoms with van der Waals surface area (Å²) >= 11 is 0. The van der Waals surface area contributed by atoms with Gasteiger partial charge >= 0.3 is 5.97 Å². The van der Waals surface area contributed by atoms with Crippen LogP contribution in [0.25, 0.3) is 0 Å². The summed E-state index contributed by atoms with van der Waals surface area (Å²) in [5.74, 6) is -0.388. The van der Waals surface area contributed by atoms with Gasteiger partial charge in [0, 0.05) is 6.42 Å². The molecule has 0 aromatic carbocycles. The number of hydrogen-bond acceptors (Lipinski definition) is 3. The zero-order chi connectivity index (χ0) is 12.1. The molecule has 0 saturated carbocycles. The zero-order valence-corrected chi connectivity index (χ0v) is 10.4. The van der Waals surface area contributed by atoms with Gasteiger partial charge in [-0.15, -0.1) is 0 Å². The maximum atomic E-state index is 11.3. The lowest BCUT2D eigenvalue weighted by Gasteiger charge is -2.17. The summed E-state index contributed by atoms with van der Waals surface area (Å²) in [6.07, 6.45) is 1.59. The van der Waals surface area contributed by atoms with Crippen LogP contribution >= 0.6 is 0 Å². The predicted octanol–water partition coefficient (Wildman–Crippen LogP) is 2.72. The number of Topliss-reactive ketones (excluding diaryl/α,β-unsaturated/α-hetero) is 1.